The molecule has 1 amide bonds. The highest BCUT2D eigenvalue weighted by Gasteiger charge is 2.31. The first kappa shape index (κ1) is 24.2. The number of aromatic nitrogens is 5. The Morgan fingerprint density at radius 3 is 2.97 bits per heavy atom. The smallest absolute Gasteiger partial charge is 0.256 e. The van der Waals surface area contributed by atoms with Crippen LogP contribution in [0.3, 0.4) is 0 Å². The number of anilines is 1. The minimum atomic E-state index is -0.236. The minimum Gasteiger partial charge on any atom is -0.396 e. The van der Waals surface area contributed by atoms with Crippen molar-refractivity contribution in [3.8, 4) is 11.3 Å². The van der Waals surface area contributed by atoms with E-state index in [4.69, 9.17) is 19.8 Å². The summed E-state index contributed by atoms with van der Waals surface area (Å²) in [5.41, 5.74) is 3.46. The van der Waals surface area contributed by atoms with E-state index in [1.807, 2.05) is 32.3 Å². The summed E-state index contributed by atoms with van der Waals surface area (Å²) in [5.74, 6) is 0.489. The molecule has 0 aliphatic heterocycles. The Morgan fingerprint density at radius 1 is 1.33 bits per heavy atom. The number of fused-ring (bicyclic) bond motifs is 2. The van der Waals surface area contributed by atoms with Gasteiger partial charge >= 0.3 is 0 Å². The van der Waals surface area contributed by atoms with Crippen molar-refractivity contribution in [3.05, 3.63) is 42.4 Å². The normalized spacial score (nSPS) is 18.7. The molecule has 10 nitrogen and oxygen atoms in total. The van der Waals surface area contributed by atoms with Crippen LogP contribution in [0.25, 0.3) is 27.9 Å². The molecule has 0 bridgehead atoms. The van der Waals surface area contributed by atoms with E-state index in [1.54, 1.807) is 17.8 Å². The summed E-state index contributed by atoms with van der Waals surface area (Å²) in [6.07, 6.45) is 10.1. The molecular weight excluding hydrogens is 458 g/mol. The molecular formula is C26H33N7O3. The monoisotopic (exact) mass is 491 g/mol. The Labute approximate surface area is 209 Å². The Hall–Kier alpha value is -3.50. The third-order valence-corrected chi connectivity index (χ3v) is 7.09. The first-order valence-electron chi connectivity index (χ1n) is 12.5. The van der Waals surface area contributed by atoms with Crippen LogP contribution in [0.1, 0.15) is 55.4 Å². The first-order chi connectivity index (χ1) is 17.5. The van der Waals surface area contributed by atoms with Gasteiger partial charge in [-0.05, 0) is 51.2 Å². The summed E-state index contributed by atoms with van der Waals surface area (Å²) >= 11 is 0. The molecule has 3 atom stereocenters. The van der Waals surface area contributed by atoms with Gasteiger partial charge < -0.3 is 25.0 Å². The summed E-state index contributed by atoms with van der Waals surface area (Å²) in [4.78, 5) is 22.7. The van der Waals surface area contributed by atoms with Gasteiger partial charge in [-0.25, -0.2) is 9.97 Å². The summed E-state index contributed by atoms with van der Waals surface area (Å²) < 4.78 is 9.65. The second-order valence-corrected chi connectivity index (χ2v) is 9.41. The number of hydrogen-bond acceptors (Lipinski definition) is 7. The highest BCUT2D eigenvalue weighted by molar-refractivity contribution is 6.01. The minimum absolute atomic E-state index is 0.0734. The van der Waals surface area contributed by atoms with E-state index in [9.17, 15) is 4.79 Å². The van der Waals surface area contributed by atoms with Gasteiger partial charge in [-0.3, -0.25) is 4.79 Å². The van der Waals surface area contributed by atoms with Crippen molar-refractivity contribution in [1.82, 2.24) is 29.5 Å². The number of nitrogens with zero attached hydrogens (tertiary/aromatic N) is 5. The van der Waals surface area contributed by atoms with Gasteiger partial charge in [0.25, 0.3) is 5.91 Å². The topological polar surface area (TPSA) is 119 Å². The number of pyridine rings is 1. The van der Waals surface area contributed by atoms with E-state index in [1.165, 1.54) is 0 Å². The van der Waals surface area contributed by atoms with Gasteiger partial charge in [0, 0.05) is 56.2 Å². The van der Waals surface area contributed by atoms with Crippen LogP contribution in [-0.4, -0.2) is 68.1 Å². The molecule has 36 heavy (non-hydrogen) atoms. The lowest BCUT2D eigenvalue weighted by atomic mass is 10.1. The standard InChI is InChI=1S/C26H33N7O3/c1-16(7-6-12-34)30-26(35)18-14-29-33-23(27-2)13-20(31-25(18)33)19-15-32(21-9-4-10-22(21)36-3)24-17(19)8-5-11-28-24/h5,8,11,13-16,21-22,27,34H,4,6-7,9-10,12H2,1-3H3,(H,30,35)/t16?,21-,22-/m0/s1. The van der Waals surface area contributed by atoms with Crippen molar-refractivity contribution in [2.75, 3.05) is 26.1 Å². The van der Waals surface area contributed by atoms with Crippen molar-refractivity contribution in [1.29, 1.82) is 0 Å². The number of carbonyl (C=O) groups is 1. The van der Waals surface area contributed by atoms with Gasteiger partial charge in [0.1, 0.15) is 17.0 Å². The van der Waals surface area contributed by atoms with Crippen molar-refractivity contribution in [2.45, 2.75) is 57.2 Å². The zero-order chi connectivity index (χ0) is 25.2. The van der Waals surface area contributed by atoms with Crippen LogP contribution in [0.15, 0.2) is 36.8 Å². The van der Waals surface area contributed by atoms with E-state index in [0.717, 1.165) is 47.4 Å². The van der Waals surface area contributed by atoms with Crippen LogP contribution in [0.2, 0.25) is 0 Å². The Morgan fingerprint density at radius 2 is 2.19 bits per heavy atom. The number of methoxy groups -OCH3 is 1. The van der Waals surface area contributed by atoms with Gasteiger partial charge in [-0.2, -0.15) is 9.61 Å². The highest BCUT2D eigenvalue weighted by atomic mass is 16.5. The van der Waals surface area contributed by atoms with Gasteiger partial charge in [0.2, 0.25) is 0 Å². The van der Waals surface area contributed by atoms with Crippen LogP contribution in [0.5, 0.6) is 0 Å². The van der Waals surface area contributed by atoms with Gasteiger partial charge in [0.05, 0.1) is 24.0 Å². The number of rotatable bonds is 9. The van der Waals surface area contributed by atoms with Gasteiger partial charge in [0.15, 0.2) is 5.65 Å². The number of carbonyl (C=O) groups excluding carboxylic acids is 1. The number of nitrogens with one attached hydrogen (secondary N) is 2. The maximum atomic E-state index is 13.1. The average molecular weight is 492 g/mol. The van der Waals surface area contributed by atoms with Crippen molar-refractivity contribution in [2.24, 2.45) is 0 Å². The molecule has 4 aromatic heterocycles. The summed E-state index contributed by atoms with van der Waals surface area (Å²) in [7, 11) is 3.60. The molecule has 4 heterocycles. The third-order valence-electron chi connectivity index (χ3n) is 7.09. The maximum Gasteiger partial charge on any atom is 0.256 e. The number of amides is 1. The second-order valence-electron chi connectivity index (χ2n) is 9.41. The Kier molecular flexibility index (Phi) is 6.88. The van der Waals surface area contributed by atoms with Crippen LogP contribution in [0.4, 0.5) is 5.82 Å². The quantitative estimate of drug-likeness (QED) is 0.328. The fourth-order valence-corrected chi connectivity index (χ4v) is 5.25. The fourth-order valence-electron chi connectivity index (χ4n) is 5.25. The molecule has 1 saturated carbocycles. The highest BCUT2D eigenvalue weighted by Crippen LogP contribution is 2.38. The fraction of sp³-hybridized carbons (Fsp3) is 0.462. The van der Waals surface area contributed by atoms with Crippen LogP contribution in [0, 0.1) is 0 Å². The van der Waals surface area contributed by atoms with E-state index in [0.29, 0.717) is 24.1 Å². The lowest BCUT2D eigenvalue weighted by molar-refractivity contribution is 0.0762. The largest absolute Gasteiger partial charge is 0.396 e. The van der Waals surface area contributed by atoms with Gasteiger partial charge in [-0.1, -0.05) is 0 Å². The molecule has 1 aliphatic carbocycles. The molecule has 0 radical (unpaired) electrons. The maximum absolute atomic E-state index is 13.1. The lowest BCUT2D eigenvalue weighted by Crippen LogP contribution is -2.32. The molecule has 1 fully saturated rings. The Bertz CT molecular complexity index is 1380. The first-order valence-corrected chi connectivity index (χ1v) is 12.5. The average Bonchev–Trinajstić information content (AvgIpc) is 3.63. The zero-order valence-electron chi connectivity index (χ0n) is 20.9. The van der Waals surface area contributed by atoms with Crippen LogP contribution >= 0.6 is 0 Å². The van der Waals surface area contributed by atoms with Crippen molar-refractivity contribution < 1.29 is 14.6 Å². The number of hydrogen-bond donors (Lipinski definition) is 3. The third kappa shape index (κ3) is 4.31. The van der Waals surface area contributed by atoms with Crippen LogP contribution in [-0.2, 0) is 4.74 Å². The predicted molar refractivity (Wildman–Crippen MR) is 138 cm³/mol. The molecule has 10 heteroatoms. The predicted octanol–water partition coefficient (Wildman–Crippen LogP) is 3.42. The lowest BCUT2D eigenvalue weighted by Gasteiger charge is -2.20. The zero-order valence-corrected chi connectivity index (χ0v) is 20.9. The van der Waals surface area contributed by atoms with Crippen LogP contribution < -0.4 is 10.6 Å². The molecule has 0 spiro atoms. The van der Waals surface area contributed by atoms with E-state index < -0.39 is 0 Å². The van der Waals surface area contributed by atoms with Gasteiger partial charge in [-0.15, -0.1) is 0 Å². The number of ether oxygens (including phenoxy) is 1. The molecule has 5 rings (SSSR count). The molecule has 3 N–H and O–H groups in total. The molecule has 0 aromatic carbocycles. The number of aliphatic hydroxyl groups is 1. The van der Waals surface area contributed by atoms with E-state index in [-0.39, 0.29) is 30.7 Å². The van der Waals surface area contributed by atoms with E-state index in [2.05, 4.69) is 32.6 Å². The molecule has 1 unspecified atom stereocenters. The van der Waals surface area contributed by atoms with E-state index >= 15 is 0 Å². The van der Waals surface area contributed by atoms with Crippen molar-refractivity contribution >= 4 is 28.4 Å². The summed E-state index contributed by atoms with van der Waals surface area (Å²) in [5, 5.41) is 20.7. The number of aliphatic hydroxyl groups excluding tert-OH is 1. The summed E-state index contributed by atoms with van der Waals surface area (Å²) in [6.45, 7) is 2.02. The second kappa shape index (κ2) is 10.2. The molecule has 4 aromatic rings. The van der Waals surface area contributed by atoms with Crippen molar-refractivity contribution in [3.63, 3.8) is 0 Å². The Balaban J connectivity index is 1.60. The summed E-state index contributed by atoms with van der Waals surface area (Å²) in [6, 6.07) is 6.07. The molecule has 190 valence electrons. The molecule has 0 saturated heterocycles. The molecule has 1 aliphatic rings. The SMILES string of the molecule is CNc1cc(-c2cn([C@H]3CCC[C@@H]3OC)c3ncccc23)nc2c(C(=O)NC(C)CCCO)cnn12.